The molecule has 242 valence electrons. The van der Waals surface area contributed by atoms with Crippen molar-refractivity contribution in [1.82, 2.24) is 16.1 Å². The molecule has 6 rings (SSSR count). The Morgan fingerprint density at radius 1 is 0.854 bits per heavy atom. The number of ether oxygens (including phenoxy) is 3. The first kappa shape index (κ1) is 32.2. The van der Waals surface area contributed by atoms with E-state index in [1.165, 1.54) is 0 Å². The molecule has 0 fully saturated rings. The van der Waals surface area contributed by atoms with Crippen molar-refractivity contribution < 1.29 is 23.8 Å². The van der Waals surface area contributed by atoms with Crippen LogP contribution < -0.4 is 25.5 Å². The van der Waals surface area contributed by atoms with Gasteiger partial charge in [0.1, 0.15) is 18.1 Å². The van der Waals surface area contributed by atoms with Crippen LogP contribution in [-0.2, 0) is 20.9 Å². The van der Waals surface area contributed by atoms with Gasteiger partial charge in [-0.25, -0.2) is 10.2 Å². The molecule has 0 saturated carbocycles. The van der Waals surface area contributed by atoms with Crippen molar-refractivity contribution in [1.29, 1.82) is 0 Å². The number of amides is 1. The third-order valence-corrected chi connectivity index (χ3v) is 8.15. The Labute approximate surface area is 283 Å². The van der Waals surface area contributed by atoms with E-state index in [1.54, 1.807) is 32.2 Å². The largest absolute Gasteiger partial charge is 0.488 e. The number of hydrogen-bond donors (Lipinski definition) is 3. The fourth-order valence-electron chi connectivity index (χ4n) is 5.71. The number of benzene rings is 5. The molecule has 1 heterocycles. The van der Waals surface area contributed by atoms with Crippen LogP contribution in [0.15, 0.2) is 119 Å². The second-order valence-corrected chi connectivity index (χ2v) is 11.4. The normalized spacial score (nSPS) is 14.5. The van der Waals surface area contributed by atoms with Gasteiger partial charge in [0, 0.05) is 16.8 Å². The minimum Gasteiger partial charge on any atom is -0.488 e. The van der Waals surface area contributed by atoms with Gasteiger partial charge in [0.05, 0.1) is 24.4 Å². The average Bonchev–Trinajstić information content (AvgIpc) is 3.10. The zero-order chi connectivity index (χ0) is 33.5. The first-order valence-electron chi connectivity index (χ1n) is 15.5. The highest BCUT2D eigenvalue weighted by Crippen LogP contribution is 2.34. The van der Waals surface area contributed by atoms with Crippen LogP contribution >= 0.6 is 12.2 Å². The lowest BCUT2D eigenvalue weighted by atomic mass is 9.95. The van der Waals surface area contributed by atoms with E-state index in [1.807, 2.05) is 66.7 Å². The van der Waals surface area contributed by atoms with E-state index in [9.17, 15) is 9.59 Å². The number of fused-ring (bicyclic) bond motifs is 2. The van der Waals surface area contributed by atoms with Gasteiger partial charge in [0.2, 0.25) is 0 Å². The first-order valence-corrected chi connectivity index (χ1v) is 15.9. The molecule has 48 heavy (non-hydrogen) atoms. The monoisotopic (exact) mass is 658 g/mol. The summed E-state index contributed by atoms with van der Waals surface area (Å²) in [6, 6.07) is 32.7. The Hall–Kier alpha value is -5.74. The molecule has 0 aromatic heterocycles. The molecule has 1 aliphatic rings. The van der Waals surface area contributed by atoms with Crippen molar-refractivity contribution in [2.45, 2.75) is 26.5 Å². The van der Waals surface area contributed by atoms with Gasteiger partial charge in [0.15, 0.2) is 11.7 Å². The lowest BCUT2D eigenvalue weighted by Crippen LogP contribution is -2.45. The minimum atomic E-state index is -0.631. The number of allylic oxidation sites excluding steroid dienone is 1. The summed E-state index contributed by atoms with van der Waals surface area (Å²) < 4.78 is 17.6. The van der Waals surface area contributed by atoms with Crippen molar-refractivity contribution in [3.63, 3.8) is 0 Å². The van der Waals surface area contributed by atoms with E-state index >= 15 is 0 Å². The number of nitrogens with one attached hydrogen (secondary N) is 3. The van der Waals surface area contributed by atoms with Gasteiger partial charge in [0.25, 0.3) is 5.91 Å². The maximum atomic E-state index is 12.9. The molecule has 0 spiro atoms. The van der Waals surface area contributed by atoms with Crippen LogP contribution in [0.5, 0.6) is 11.5 Å². The van der Waals surface area contributed by atoms with Crippen LogP contribution in [0.3, 0.4) is 0 Å². The molecule has 1 aliphatic heterocycles. The third kappa shape index (κ3) is 7.13. The molecule has 1 amide bonds. The number of rotatable bonds is 11. The molecular formula is C38H34N4O5S. The van der Waals surface area contributed by atoms with Crippen LogP contribution in [0, 0.1) is 0 Å². The molecule has 10 heteroatoms. The van der Waals surface area contributed by atoms with Crippen molar-refractivity contribution in [2.75, 3.05) is 13.2 Å². The summed E-state index contributed by atoms with van der Waals surface area (Å²) in [5, 5.41) is 15.0. The molecule has 0 radical (unpaired) electrons. The zero-order valence-corrected chi connectivity index (χ0v) is 27.3. The number of hydrazone groups is 1. The predicted octanol–water partition coefficient (Wildman–Crippen LogP) is 6.46. The van der Waals surface area contributed by atoms with Gasteiger partial charge in [-0.15, -0.1) is 0 Å². The lowest BCUT2D eigenvalue weighted by Gasteiger charge is -2.30. The molecule has 0 aliphatic carbocycles. The quantitative estimate of drug-likeness (QED) is 0.0643. The topological polar surface area (TPSA) is 110 Å². The van der Waals surface area contributed by atoms with Gasteiger partial charge < -0.3 is 24.8 Å². The molecule has 9 nitrogen and oxygen atoms in total. The highest BCUT2D eigenvalue weighted by atomic mass is 32.1. The van der Waals surface area contributed by atoms with Crippen LogP contribution in [-0.4, -0.2) is 36.4 Å². The number of nitrogens with zero attached hydrogens (tertiary/aromatic N) is 1. The van der Waals surface area contributed by atoms with Crippen LogP contribution in [0.2, 0.25) is 0 Å². The van der Waals surface area contributed by atoms with Gasteiger partial charge >= 0.3 is 5.97 Å². The Balaban J connectivity index is 1.17. The number of hydrogen-bond acceptors (Lipinski definition) is 7. The van der Waals surface area contributed by atoms with E-state index in [-0.39, 0.29) is 13.2 Å². The van der Waals surface area contributed by atoms with E-state index in [2.05, 4.69) is 45.4 Å². The third-order valence-electron chi connectivity index (χ3n) is 7.93. The Bertz CT molecular complexity index is 2070. The summed E-state index contributed by atoms with van der Waals surface area (Å²) in [5.74, 6) is 0.105. The van der Waals surface area contributed by atoms with Gasteiger partial charge in [-0.3, -0.25) is 4.79 Å². The zero-order valence-electron chi connectivity index (χ0n) is 26.5. The standard InChI is InChI=1S/C38H34N4O5S/c1-3-45-37(44)35-24(2)40-38(48)41-36(35)30-17-8-9-18-32(30)47-23-34(43)42-39-21-31-29-16-7-5-12-26(29)19-20-33(31)46-22-27-14-10-13-25-11-4-6-15-28(25)27/h4-21,36H,3,22-23H2,1-2H3,(H,42,43)(H2,40,41,48)/t36-/m1/s1. The molecule has 1 atom stereocenters. The summed E-state index contributed by atoms with van der Waals surface area (Å²) >= 11 is 5.36. The SMILES string of the molecule is CCOC(=O)C1=C(C)NC(=S)N[C@@H]1c1ccccc1OCC(=O)NN=Cc1c(OCc2cccc3ccccc23)ccc2ccccc12. The maximum absolute atomic E-state index is 12.9. The van der Waals surface area contributed by atoms with E-state index < -0.39 is 17.9 Å². The molecule has 0 saturated heterocycles. The first-order chi connectivity index (χ1) is 23.4. The van der Waals surface area contributed by atoms with E-state index in [0.717, 1.165) is 32.7 Å². The molecule has 0 unspecified atom stereocenters. The highest BCUT2D eigenvalue weighted by molar-refractivity contribution is 7.80. The van der Waals surface area contributed by atoms with Crippen LogP contribution in [0.1, 0.15) is 36.6 Å². The van der Waals surface area contributed by atoms with Gasteiger partial charge in [-0.1, -0.05) is 91.0 Å². The van der Waals surface area contributed by atoms with Crippen molar-refractivity contribution >= 4 is 57.0 Å². The molecule has 3 N–H and O–H groups in total. The Kier molecular flexibility index (Phi) is 9.92. The number of para-hydroxylation sites is 1. The summed E-state index contributed by atoms with van der Waals surface area (Å²) in [7, 11) is 0. The minimum absolute atomic E-state index is 0.224. The summed E-state index contributed by atoms with van der Waals surface area (Å²) in [4.78, 5) is 25.8. The average molecular weight is 659 g/mol. The van der Waals surface area contributed by atoms with Gasteiger partial charge in [-0.2, -0.15) is 5.10 Å². The second kappa shape index (κ2) is 14.8. The number of carbonyl (C=O) groups is 2. The molecule has 5 aromatic carbocycles. The highest BCUT2D eigenvalue weighted by Gasteiger charge is 2.32. The van der Waals surface area contributed by atoms with E-state index in [4.69, 9.17) is 26.4 Å². The van der Waals surface area contributed by atoms with Gasteiger partial charge in [-0.05, 0) is 65.3 Å². The summed E-state index contributed by atoms with van der Waals surface area (Å²) in [5.41, 5.74) is 5.96. The number of thiocarbonyl (C=S) groups is 1. The Morgan fingerprint density at radius 2 is 1.56 bits per heavy atom. The Morgan fingerprint density at radius 3 is 2.38 bits per heavy atom. The molecule has 5 aromatic rings. The predicted molar refractivity (Wildman–Crippen MR) is 191 cm³/mol. The second-order valence-electron chi connectivity index (χ2n) is 11.0. The van der Waals surface area contributed by atoms with E-state index in [0.29, 0.717) is 40.1 Å². The lowest BCUT2D eigenvalue weighted by molar-refractivity contribution is -0.139. The molecular weight excluding hydrogens is 625 g/mol. The summed E-state index contributed by atoms with van der Waals surface area (Å²) in [6.07, 6.45) is 1.59. The van der Waals surface area contributed by atoms with Crippen molar-refractivity contribution in [3.8, 4) is 11.5 Å². The number of esters is 1. The van der Waals surface area contributed by atoms with Crippen LogP contribution in [0.4, 0.5) is 0 Å². The number of carbonyl (C=O) groups excluding carboxylic acids is 2. The van der Waals surface area contributed by atoms with Crippen LogP contribution in [0.25, 0.3) is 21.5 Å². The fraction of sp³-hybridized carbons (Fsp3) is 0.158. The van der Waals surface area contributed by atoms with Crippen molar-refractivity contribution in [2.24, 2.45) is 5.10 Å². The molecule has 0 bridgehead atoms. The maximum Gasteiger partial charge on any atom is 0.338 e. The fourth-order valence-corrected chi connectivity index (χ4v) is 5.98. The smallest absolute Gasteiger partial charge is 0.338 e. The summed E-state index contributed by atoms with van der Waals surface area (Å²) in [6.45, 7) is 3.78. The van der Waals surface area contributed by atoms with Crippen molar-refractivity contribution in [3.05, 3.63) is 131 Å².